The summed E-state index contributed by atoms with van der Waals surface area (Å²) in [6.45, 7) is -0.268. The minimum Gasteiger partial charge on any atom is -0.394 e. The van der Waals surface area contributed by atoms with Gasteiger partial charge in [-0.25, -0.2) is 0 Å². The van der Waals surface area contributed by atoms with Crippen molar-refractivity contribution in [2.75, 3.05) is 13.2 Å². The van der Waals surface area contributed by atoms with Crippen LogP contribution in [-0.4, -0.2) is 35.4 Å². The normalized spacial score (nSPS) is 11.4. The van der Waals surface area contributed by atoms with E-state index in [4.69, 9.17) is 21.7 Å². The summed E-state index contributed by atoms with van der Waals surface area (Å²) in [6.07, 6.45) is -0.855. The van der Waals surface area contributed by atoms with Gasteiger partial charge in [0.15, 0.2) is 5.96 Å². The maximum atomic E-state index is 8.64. The van der Waals surface area contributed by atoms with E-state index in [-0.39, 0.29) is 31.5 Å². The van der Waals surface area contributed by atoms with Gasteiger partial charge in [0.05, 0.1) is 19.3 Å². The monoisotopic (exact) mass is 169 g/mol. The van der Waals surface area contributed by atoms with Crippen molar-refractivity contribution in [3.8, 4) is 0 Å². The van der Waals surface area contributed by atoms with Crippen LogP contribution in [0.2, 0.25) is 0 Å². The van der Waals surface area contributed by atoms with Crippen LogP contribution in [0.3, 0.4) is 0 Å². The highest BCUT2D eigenvalue weighted by Gasteiger charge is 1.97. The average molecular weight is 170 g/mol. The molecule has 6 heteroatoms. The molecule has 0 unspecified atom stereocenters. The second-order valence-electron chi connectivity index (χ2n) is 1.60. The van der Waals surface area contributed by atoms with Crippen molar-refractivity contribution in [3.05, 3.63) is 0 Å². The summed E-state index contributed by atoms with van der Waals surface area (Å²) in [6, 6.07) is 0. The van der Waals surface area contributed by atoms with Crippen molar-refractivity contribution in [2.24, 2.45) is 16.5 Å². The van der Waals surface area contributed by atoms with E-state index in [0.29, 0.717) is 0 Å². The van der Waals surface area contributed by atoms with Gasteiger partial charge in [-0.05, 0) is 0 Å². The van der Waals surface area contributed by atoms with Crippen LogP contribution in [0.25, 0.3) is 0 Å². The van der Waals surface area contributed by atoms with E-state index >= 15 is 0 Å². The maximum absolute atomic E-state index is 8.64. The molecule has 0 bridgehead atoms. The van der Waals surface area contributed by atoms with Crippen molar-refractivity contribution in [1.82, 2.24) is 0 Å². The lowest BCUT2D eigenvalue weighted by atomic mass is 10.4. The Hall–Kier alpha value is -0.520. The van der Waals surface area contributed by atoms with Gasteiger partial charge in [0.25, 0.3) is 0 Å². The van der Waals surface area contributed by atoms with E-state index in [1.807, 2.05) is 0 Å². The van der Waals surface area contributed by atoms with E-state index in [1.165, 1.54) is 0 Å². The Morgan fingerprint density at radius 3 is 2.30 bits per heavy atom. The van der Waals surface area contributed by atoms with Gasteiger partial charge in [0.2, 0.25) is 0 Å². The fraction of sp³-hybridized carbons (Fsp3) is 0.750. The van der Waals surface area contributed by atoms with Crippen LogP contribution >= 0.6 is 12.4 Å². The van der Waals surface area contributed by atoms with Gasteiger partial charge < -0.3 is 21.7 Å². The molecule has 6 N–H and O–H groups in total. The summed E-state index contributed by atoms with van der Waals surface area (Å²) in [5, 5.41) is 16.9. The largest absolute Gasteiger partial charge is 0.394 e. The molecule has 62 valence electrons. The number of nitrogens with zero attached hydrogens (tertiary/aromatic N) is 1. The Bertz CT molecular complexity index is 105. The molecule has 0 aliphatic heterocycles. The standard InChI is InChI=1S/C4H11N3O2.ClH/c5-4(6)7-1-3(9)2-8;/h3,8-9H,1-2H2,(H4,5,6,7);1H/t3-;/m1./s1. The third kappa shape index (κ3) is 7.48. The number of rotatable bonds is 3. The highest BCUT2D eigenvalue weighted by atomic mass is 35.5. The molecular formula is C4H12ClN3O2. The quantitative estimate of drug-likeness (QED) is 0.291. The molecule has 0 radical (unpaired) electrons. The van der Waals surface area contributed by atoms with Crippen LogP contribution in [0, 0.1) is 0 Å². The first-order valence-electron chi connectivity index (χ1n) is 2.51. The molecule has 0 spiro atoms. The molecule has 0 fully saturated rings. The lowest BCUT2D eigenvalue weighted by Gasteiger charge is -2.00. The lowest BCUT2D eigenvalue weighted by molar-refractivity contribution is 0.102. The van der Waals surface area contributed by atoms with E-state index in [0.717, 1.165) is 0 Å². The number of nitrogens with two attached hydrogens (primary N) is 2. The molecule has 0 aromatic carbocycles. The van der Waals surface area contributed by atoms with Crippen LogP contribution in [0.1, 0.15) is 0 Å². The fourth-order valence-electron chi connectivity index (χ4n) is 0.269. The summed E-state index contributed by atoms with van der Waals surface area (Å²) in [5.74, 6) is -0.0810. The Balaban J connectivity index is 0. The number of hydrogen-bond acceptors (Lipinski definition) is 3. The Labute approximate surface area is 65.2 Å². The van der Waals surface area contributed by atoms with Crippen molar-refractivity contribution in [2.45, 2.75) is 6.10 Å². The number of halogens is 1. The van der Waals surface area contributed by atoms with E-state index in [2.05, 4.69) is 4.99 Å². The molecule has 0 aliphatic rings. The Morgan fingerprint density at radius 1 is 1.50 bits per heavy atom. The second-order valence-corrected chi connectivity index (χ2v) is 1.60. The smallest absolute Gasteiger partial charge is 0.185 e. The van der Waals surface area contributed by atoms with Crippen molar-refractivity contribution in [1.29, 1.82) is 0 Å². The first-order valence-corrected chi connectivity index (χ1v) is 2.51. The number of hydrogen-bond donors (Lipinski definition) is 4. The van der Waals surface area contributed by atoms with Gasteiger partial charge >= 0.3 is 0 Å². The molecule has 0 aliphatic carbocycles. The van der Waals surface area contributed by atoms with Gasteiger partial charge in [-0.15, -0.1) is 12.4 Å². The molecule has 0 aromatic heterocycles. The Kier molecular flexibility index (Phi) is 8.04. The molecular weight excluding hydrogens is 158 g/mol. The zero-order chi connectivity index (χ0) is 7.28. The molecule has 0 saturated heterocycles. The van der Waals surface area contributed by atoms with Crippen LogP contribution in [0.5, 0.6) is 0 Å². The average Bonchev–Trinajstić information content (AvgIpc) is 1.83. The van der Waals surface area contributed by atoms with Gasteiger partial charge in [0, 0.05) is 0 Å². The highest BCUT2D eigenvalue weighted by molar-refractivity contribution is 5.85. The predicted octanol–water partition coefficient (Wildman–Crippen LogP) is -1.97. The summed E-state index contributed by atoms with van der Waals surface area (Å²) in [7, 11) is 0. The minimum atomic E-state index is -0.855. The SMILES string of the molecule is Cl.NC(N)=NC[C@@H](O)CO. The molecule has 10 heavy (non-hydrogen) atoms. The first kappa shape index (κ1) is 12.2. The fourth-order valence-corrected chi connectivity index (χ4v) is 0.269. The van der Waals surface area contributed by atoms with E-state index < -0.39 is 6.10 Å². The maximum Gasteiger partial charge on any atom is 0.185 e. The second kappa shape index (κ2) is 6.60. The van der Waals surface area contributed by atoms with Gasteiger partial charge in [-0.1, -0.05) is 0 Å². The van der Waals surface area contributed by atoms with E-state index in [9.17, 15) is 0 Å². The predicted molar refractivity (Wildman–Crippen MR) is 41.0 cm³/mol. The van der Waals surface area contributed by atoms with Gasteiger partial charge in [-0.3, -0.25) is 4.99 Å². The third-order valence-electron chi connectivity index (χ3n) is 0.695. The Morgan fingerprint density at radius 2 is 2.00 bits per heavy atom. The van der Waals surface area contributed by atoms with E-state index in [1.54, 1.807) is 0 Å². The van der Waals surface area contributed by atoms with Crippen LogP contribution in [0.15, 0.2) is 4.99 Å². The number of aliphatic imine (C=N–C) groups is 1. The zero-order valence-electron chi connectivity index (χ0n) is 5.40. The third-order valence-corrected chi connectivity index (χ3v) is 0.695. The first-order chi connectivity index (χ1) is 4.16. The molecule has 5 nitrogen and oxygen atoms in total. The molecule has 0 amide bonds. The van der Waals surface area contributed by atoms with Crippen molar-refractivity contribution < 1.29 is 10.2 Å². The van der Waals surface area contributed by atoms with Crippen LogP contribution in [-0.2, 0) is 0 Å². The van der Waals surface area contributed by atoms with Crippen LogP contribution < -0.4 is 11.5 Å². The topological polar surface area (TPSA) is 105 Å². The zero-order valence-corrected chi connectivity index (χ0v) is 6.21. The summed E-state index contributed by atoms with van der Waals surface area (Å²) in [4.78, 5) is 3.46. The molecule has 0 heterocycles. The lowest BCUT2D eigenvalue weighted by Crippen LogP contribution is -2.26. The molecule has 1 atom stereocenters. The van der Waals surface area contributed by atoms with Gasteiger partial charge in [0.1, 0.15) is 0 Å². The summed E-state index contributed by atoms with van der Waals surface area (Å²) < 4.78 is 0. The summed E-state index contributed by atoms with van der Waals surface area (Å²) in [5.41, 5.74) is 9.86. The number of aliphatic hydroxyl groups is 2. The summed E-state index contributed by atoms with van der Waals surface area (Å²) >= 11 is 0. The van der Waals surface area contributed by atoms with Crippen molar-refractivity contribution >= 4 is 18.4 Å². The molecule has 0 saturated carbocycles. The highest BCUT2D eigenvalue weighted by Crippen LogP contribution is 1.79. The molecule has 0 aromatic rings. The minimum absolute atomic E-state index is 0. The number of aliphatic hydroxyl groups excluding tert-OH is 2. The number of guanidine groups is 1. The van der Waals surface area contributed by atoms with Crippen molar-refractivity contribution in [3.63, 3.8) is 0 Å². The molecule has 0 rings (SSSR count). The van der Waals surface area contributed by atoms with Gasteiger partial charge in [-0.2, -0.15) is 0 Å². The van der Waals surface area contributed by atoms with Crippen LogP contribution in [0.4, 0.5) is 0 Å².